The largest absolute Gasteiger partial charge is 0.508 e. The molecule has 1 aliphatic heterocycles. The minimum Gasteiger partial charge on any atom is -0.508 e. The topological polar surface area (TPSA) is 38.7 Å². The molecule has 4 bridgehead atoms. The second-order valence-corrected chi connectivity index (χ2v) is 7.42. The van der Waals surface area contributed by atoms with E-state index in [1.807, 2.05) is 18.2 Å². The lowest BCUT2D eigenvalue weighted by Gasteiger charge is -2.67. The van der Waals surface area contributed by atoms with Gasteiger partial charge in [0.1, 0.15) is 11.4 Å². The SMILES string of the molecule is CC1(c2cccc(O)c2)OOC12C1C=C3CC(C1)CC2C3. The Balaban J connectivity index is 1.64. The van der Waals surface area contributed by atoms with Crippen LogP contribution in [-0.4, -0.2) is 10.7 Å². The zero-order valence-electron chi connectivity index (χ0n) is 12.2. The Morgan fingerprint density at radius 1 is 1.19 bits per heavy atom. The summed E-state index contributed by atoms with van der Waals surface area (Å²) in [7, 11) is 0. The van der Waals surface area contributed by atoms with Crippen molar-refractivity contribution in [1.82, 2.24) is 0 Å². The van der Waals surface area contributed by atoms with Crippen LogP contribution in [0.4, 0.5) is 0 Å². The molecule has 1 aromatic carbocycles. The number of hydrogen-bond donors (Lipinski definition) is 1. The van der Waals surface area contributed by atoms with Crippen LogP contribution in [-0.2, 0) is 15.4 Å². The summed E-state index contributed by atoms with van der Waals surface area (Å²) in [6, 6.07) is 7.46. The highest BCUT2D eigenvalue weighted by Crippen LogP contribution is 2.67. The fourth-order valence-corrected chi connectivity index (χ4v) is 5.51. The van der Waals surface area contributed by atoms with E-state index in [9.17, 15) is 5.11 Å². The molecular formula is C18H20O3. The second-order valence-electron chi connectivity index (χ2n) is 7.42. The molecule has 3 fully saturated rings. The van der Waals surface area contributed by atoms with E-state index in [1.165, 1.54) is 19.3 Å². The van der Waals surface area contributed by atoms with Gasteiger partial charge >= 0.3 is 0 Å². The van der Waals surface area contributed by atoms with E-state index in [2.05, 4.69) is 13.0 Å². The Kier molecular flexibility index (Phi) is 2.16. The quantitative estimate of drug-likeness (QED) is 0.631. The summed E-state index contributed by atoms with van der Waals surface area (Å²) in [5, 5.41) is 9.83. The summed E-state index contributed by atoms with van der Waals surface area (Å²) in [4.78, 5) is 11.6. The molecule has 4 aliphatic carbocycles. The molecule has 1 aromatic rings. The Labute approximate surface area is 124 Å². The highest BCUT2D eigenvalue weighted by molar-refractivity contribution is 5.39. The average molecular weight is 284 g/mol. The van der Waals surface area contributed by atoms with Crippen molar-refractivity contribution < 1.29 is 14.9 Å². The van der Waals surface area contributed by atoms with Crippen LogP contribution in [0.2, 0.25) is 0 Å². The van der Waals surface area contributed by atoms with E-state index in [-0.39, 0.29) is 5.60 Å². The smallest absolute Gasteiger partial charge is 0.159 e. The molecule has 5 unspecified atom stereocenters. The maximum Gasteiger partial charge on any atom is 0.159 e. The maximum absolute atomic E-state index is 9.83. The van der Waals surface area contributed by atoms with Crippen molar-refractivity contribution in [2.24, 2.45) is 17.8 Å². The maximum atomic E-state index is 9.83. The molecule has 1 spiro atoms. The number of hydrogen-bond acceptors (Lipinski definition) is 3. The highest BCUT2D eigenvalue weighted by atomic mass is 17.3. The van der Waals surface area contributed by atoms with Gasteiger partial charge in [-0.05, 0) is 62.1 Å². The minimum atomic E-state index is -0.453. The Hall–Kier alpha value is -1.32. The molecule has 6 rings (SSSR count). The predicted molar refractivity (Wildman–Crippen MR) is 77.4 cm³/mol. The first kappa shape index (κ1) is 12.2. The van der Waals surface area contributed by atoms with Gasteiger partial charge in [-0.1, -0.05) is 23.8 Å². The van der Waals surface area contributed by atoms with Crippen LogP contribution >= 0.6 is 0 Å². The molecule has 110 valence electrons. The Bertz CT molecular complexity index is 652. The summed E-state index contributed by atoms with van der Waals surface area (Å²) in [5.74, 6) is 2.15. The fourth-order valence-electron chi connectivity index (χ4n) is 5.51. The normalized spacial score (nSPS) is 46.5. The highest BCUT2D eigenvalue weighted by Gasteiger charge is 2.72. The first-order chi connectivity index (χ1) is 10.1. The van der Waals surface area contributed by atoms with Gasteiger partial charge in [0.25, 0.3) is 0 Å². The van der Waals surface area contributed by atoms with Crippen molar-refractivity contribution in [3.05, 3.63) is 41.5 Å². The summed E-state index contributed by atoms with van der Waals surface area (Å²) in [6.45, 7) is 2.13. The van der Waals surface area contributed by atoms with Gasteiger partial charge in [0.15, 0.2) is 5.60 Å². The zero-order valence-corrected chi connectivity index (χ0v) is 12.2. The first-order valence-electron chi connectivity index (χ1n) is 7.98. The lowest BCUT2D eigenvalue weighted by Crippen LogP contribution is -2.73. The molecule has 0 amide bonds. The van der Waals surface area contributed by atoms with Crippen LogP contribution in [0.5, 0.6) is 5.75 Å². The van der Waals surface area contributed by atoms with Gasteiger partial charge in [-0.15, -0.1) is 0 Å². The van der Waals surface area contributed by atoms with Crippen molar-refractivity contribution >= 4 is 0 Å². The molecule has 3 heteroatoms. The van der Waals surface area contributed by atoms with Gasteiger partial charge in [0.05, 0.1) is 0 Å². The van der Waals surface area contributed by atoms with Crippen LogP contribution in [0, 0.1) is 17.8 Å². The third-order valence-electron chi connectivity index (χ3n) is 6.35. The van der Waals surface area contributed by atoms with E-state index in [0.29, 0.717) is 17.6 Å². The van der Waals surface area contributed by atoms with Gasteiger partial charge < -0.3 is 5.11 Å². The second kappa shape index (κ2) is 3.71. The van der Waals surface area contributed by atoms with Crippen molar-refractivity contribution in [3.8, 4) is 5.75 Å². The average Bonchev–Trinajstić information content (AvgIpc) is 2.44. The molecule has 5 atom stereocenters. The molecule has 0 aromatic heterocycles. The number of phenolic OH excluding ortho intramolecular Hbond substituents is 1. The van der Waals surface area contributed by atoms with Crippen molar-refractivity contribution in [3.63, 3.8) is 0 Å². The van der Waals surface area contributed by atoms with Crippen molar-refractivity contribution in [2.45, 2.75) is 43.8 Å². The minimum absolute atomic E-state index is 0.235. The van der Waals surface area contributed by atoms with Crippen molar-refractivity contribution in [1.29, 1.82) is 0 Å². The molecule has 2 saturated carbocycles. The van der Waals surface area contributed by atoms with E-state index >= 15 is 0 Å². The number of allylic oxidation sites excluding steroid dienone is 1. The monoisotopic (exact) mass is 284 g/mol. The summed E-state index contributed by atoms with van der Waals surface area (Å²) in [6.07, 6.45) is 7.39. The summed E-state index contributed by atoms with van der Waals surface area (Å²) >= 11 is 0. The van der Waals surface area contributed by atoms with Crippen molar-refractivity contribution in [2.75, 3.05) is 0 Å². The van der Waals surface area contributed by atoms with Gasteiger partial charge in [-0.3, -0.25) is 0 Å². The van der Waals surface area contributed by atoms with E-state index in [0.717, 1.165) is 17.9 Å². The van der Waals surface area contributed by atoms with Crippen LogP contribution in [0.1, 0.15) is 38.2 Å². The van der Waals surface area contributed by atoms with Crippen LogP contribution < -0.4 is 0 Å². The number of benzene rings is 1. The number of phenols is 1. The molecule has 3 nitrogen and oxygen atoms in total. The van der Waals surface area contributed by atoms with Crippen LogP contribution in [0.3, 0.4) is 0 Å². The van der Waals surface area contributed by atoms with Crippen LogP contribution in [0.15, 0.2) is 35.9 Å². The molecule has 1 N–H and O–H groups in total. The molecule has 1 saturated heterocycles. The third kappa shape index (κ3) is 1.32. The molecule has 5 aliphatic rings. The van der Waals surface area contributed by atoms with E-state index in [1.54, 1.807) is 11.6 Å². The van der Waals surface area contributed by atoms with Crippen LogP contribution in [0.25, 0.3) is 0 Å². The van der Waals surface area contributed by atoms with E-state index in [4.69, 9.17) is 9.78 Å². The zero-order chi connectivity index (χ0) is 14.2. The summed E-state index contributed by atoms with van der Waals surface area (Å²) < 4.78 is 0. The molecular weight excluding hydrogens is 264 g/mol. The fraction of sp³-hybridized carbons (Fsp3) is 0.556. The lowest BCUT2D eigenvalue weighted by molar-refractivity contribution is -0.582. The molecule has 0 radical (unpaired) electrons. The van der Waals surface area contributed by atoms with Gasteiger partial charge in [-0.25, -0.2) is 9.78 Å². The first-order valence-corrected chi connectivity index (χ1v) is 7.98. The standard InChI is InChI=1S/C18H20O3/c1-17(13-3-2-4-16(19)10-13)18(21-20-17)14-6-11-5-12(8-14)9-15(18)7-11/h2-4,6,10,12,14-15,19H,5,7-9H2,1H3. The van der Waals surface area contributed by atoms with Gasteiger partial charge in [-0.2, -0.15) is 0 Å². The van der Waals surface area contributed by atoms with E-state index < -0.39 is 5.60 Å². The predicted octanol–water partition coefficient (Wildman–Crippen LogP) is 3.68. The number of aromatic hydroxyl groups is 1. The molecule has 21 heavy (non-hydrogen) atoms. The number of rotatable bonds is 1. The summed E-state index contributed by atoms with van der Waals surface area (Å²) in [5.41, 5.74) is 1.97. The Morgan fingerprint density at radius 2 is 2.10 bits per heavy atom. The van der Waals surface area contributed by atoms with Gasteiger partial charge in [0, 0.05) is 5.92 Å². The van der Waals surface area contributed by atoms with Gasteiger partial charge in [0.2, 0.25) is 0 Å². The third-order valence-corrected chi connectivity index (χ3v) is 6.35. The lowest BCUT2D eigenvalue weighted by atomic mass is 9.48. The Morgan fingerprint density at radius 3 is 2.76 bits per heavy atom. The molecule has 1 heterocycles.